The van der Waals surface area contributed by atoms with Crippen molar-refractivity contribution in [3.05, 3.63) is 99.5 Å². The maximum atomic E-state index is 14.1. The summed E-state index contributed by atoms with van der Waals surface area (Å²) in [6, 6.07) is 21.6. The lowest BCUT2D eigenvalue weighted by Gasteiger charge is -2.35. The second-order valence-corrected chi connectivity index (χ2v) is 14.0. The molecule has 1 atom stereocenters. The van der Waals surface area contributed by atoms with Gasteiger partial charge in [0.2, 0.25) is 21.8 Å². The summed E-state index contributed by atoms with van der Waals surface area (Å²) >= 11 is 3.44. The first-order chi connectivity index (χ1) is 18.6. The number of anilines is 1. The van der Waals surface area contributed by atoms with Crippen LogP contribution in [0.5, 0.6) is 0 Å². The third-order valence-electron chi connectivity index (χ3n) is 6.21. The van der Waals surface area contributed by atoms with Gasteiger partial charge in [0.25, 0.3) is 0 Å². The molecule has 3 aromatic carbocycles. The van der Waals surface area contributed by atoms with Crippen LogP contribution in [0.25, 0.3) is 0 Å². The first kappa shape index (κ1) is 31.4. The van der Waals surface area contributed by atoms with Crippen LogP contribution in [0.2, 0.25) is 0 Å². The van der Waals surface area contributed by atoms with E-state index >= 15 is 0 Å². The minimum Gasteiger partial charge on any atom is -0.350 e. The number of amides is 2. The number of halogens is 1. The zero-order valence-electron chi connectivity index (χ0n) is 23.9. The molecule has 9 heteroatoms. The molecule has 3 rings (SSSR count). The zero-order chi connectivity index (χ0) is 29.7. The number of rotatable bonds is 10. The van der Waals surface area contributed by atoms with E-state index in [4.69, 9.17) is 0 Å². The molecule has 3 aromatic rings. The number of hydrogen-bond acceptors (Lipinski definition) is 4. The van der Waals surface area contributed by atoms with Gasteiger partial charge in [-0.1, -0.05) is 64.5 Å². The summed E-state index contributed by atoms with van der Waals surface area (Å²) < 4.78 is 27.9. The van der Waals surface area contributed by atoms with Crippen molar-refractivity contribution in [2.24, 2.45) is 0 Å². The van der Waals surface area contributed by atoms with Gasteiger partial charge in [-0.25, -0.2) is 8.42 Å². The summed E-state index contributed by atoms with van der Waals surface area (Å²) in [6.45, 7) is 9.11. The normalized spacial score (nSPS) is 12.5. The first-order valence-corrected chi connectivity index (χ1v) is 15.7. The van der Waals surface area contributed by atoms with E-state index in [0.29, 0.717) is 5.69 Å². The van der Waals surface area contributed by atoms with E-state index in [-0.39, 0.29) is 18.9 Å². The minimum absolute atomic E-state index is 0.131. The lowest BCUT2D eigenvalue weighted by molar-refractivity contribution is -0.140. The molecule has 2 amide bonds. The van der Waals surface area contributed by atoms with Gasteiger partial charge in [-0.05, 0) is 81.1 Å². The van der Waals surface area contributed by atoms with Crippen molar-refractivity contribution in [2.75, 3.05) is 17.1 Å². The number of carbonyl (C=O) groups excluding carboxylic acids is 2. The fraction of sp³-hybridized carbons (Fsp3) is 0.355. The number of hydrogen-bond donors (Lipinski definition) is 1. The molecule has 0 aliphatic heterocycles. The summed E-state index contributed by atoms with van der Waals surface area (Å²) in [6.07, 6.45) is 1.36. The fourth-order valence-electron chi connectivity index (χ4n) is 4.50. The molecule has 214 valence electrons. The van der Waals surface area contributed by atoms with Gasteiger partial charge in [-0.2, -0.15) is 0 Å². The van der Waals surface area contributed by atoms with Crippen molar-refractivity contribution in [3.8, 4) is 0 Å². The number of benzene rings is 3. The van der Waals surface area contributed by atoms with Crippen LogP contribution in [-0.2, 0) is 32.6 Å². The molecule has 0 fully saturated rings. The Morgan fingerprint density at radius 1 is 0.900 bits per heavy atom. The maximum Gasteiger partial charge on any atom is 0.244 e. The number of carbonyl (C=O) groups is 2. The quantitative estimate of drug-likeness (QED) is 0.327. The summed E-state index contributed by atoms with van der Waals surface area (Å²) in [5.74, 6) is -0.781. The zero-order valence-corrected chi connectivity index (χ0v) is 26.3. The van der Waals surface area contributed by atoms with Crippen LogP contribution < -0.4 is 9.62 Å². The molecular formula is C31H38BrN3O4S. The van der Waals surface area contributed by atoms with E-state index in [1.165, 1.54) is 4.90 Å². The predicted octanol–water partition coefficient (Wildman–Crippen LogP) is 5.39. The van der Waals surface area contributed by atoms with Crippen LogP contribution in [0.1, 0.15) is 43.0 Å². The Labute approximate surface area is 246 Å². The van der Waals surface area contributed by atoms with Crippen LogP contribution in [0.4, 0.5) is 5.69 Å². The average molecular weight is 629 g/mol. The van der Waals surface area contributed by atoms with Crippen LogP contribution >= 0.6 is 15.9 Å². The first-order valence-electron chi connectivity index (χ1n) is 13.1. The Morgan fingerprint density at radius 3 is 2.00 bits per heavy atom. The highest BCUT2D eigenvalue weighted by molar-refractivity contribution is 9.10. The lowest BCUT2D eigenvalue weighted by Crippen LogP contribution is -2.56. The molecule has 1 N–H and O–H groups in total. The molecule has 0 aliphatic carbocycles. The maximum absolute atomic E-state index is 14.1. The van der Waals surface area contributed by atoms with Gasteiger partial charge in [0.05, 0.1) is 11.9 Å². The van der Waals surface area contributed by atoms with E-state index in [2.05, 4.69) is 21.2 Å². The third-order valence-corrected chi connectivity index (χ3v) is 7.88. The van der Waals surface area contributed by atoms with E-state index in [1.807, 2.05) is 95.3 Å². The molecule has 0 unspecified atom stereocenters. The van der Waals surface area contributed by atoms with E-state index < -0.39 is 34.1 Å². The Balaban J connectivity index is 2.08. The average Bonchev–Trinajstić information content (AvgIpc) is 2.84. The van der Waals surface area contributed by atoms with Gasteiger partial charge in [-0.15, -0.1) is 0 Å². The summed E-state index contributed by atoms with van der Waals surface area (Å²) in [5.41, 5.74) is 3.35. The van der Waals surface area contributed by atoms with Gasteiger partial charge in [0.15, 0.2) is 0 Å². The Kier molecular flexibility index (Phi) is 10.2. The largest absolute Gasteiger partial charge is 0.350 e. The third kappa shape index (κ3) is 9.20. The van der Waals surface area contributed by atoms with Gasteiger partial charge in [0.1, 0.15) is 12.6 Å². The number of sulfonamides is 1. The van der Waals surface area contributed by atoms with Crippen molar-refractivity contribution in [1.29, 1.82) is 0 Å². The molecule has 40 heavy (non-hydrogen) atoms. The Hall–Kier alpha value is -3.17. The fourth-order valence-corrected chi connectivity index (χ4v) is 5.60. The molecule has 0 heterocycles. The minimum atomic E-state index is -3.81. The second kappa shape index (κ2) is 13.0. The molecular weight excluding hydrogens is 590 g/mol. The summed E-state index contributed by atoms with van der Waals surface area (Å²) in [7, 11) is -3.81. The van der Waals surface area contributed by atoms with Gasteiger partial charge in [0, 0.05) is 23.0 Å². The molecule has 0 spiro atoms. The summed E-state index contributed by atoms with van der Waals surface area (Å²) in [4.78, 5) is 29.4. The predicted molar refractivity (Wildman–Crippen MR) is 165 cm³/mol. The monoisotopic (exact) mass is 627 g/mol. The number of nitrogens with zero attached hydrogens (tertiary/aromatic N) is 2. The van der Waals surface area contributed by atoms with Gasteiger partial charge < -0.3 is 10.2 Å². The molecule has 7 nitrogen and oxygen atoms in total. The molecule has 0 bridgehead atoms. The SMILES string of the molecule is Cc1cc(C)cc(N(CC(=O)N(Cc2ccc(Br)cc2)[C@H](Cc2ccccc2)C(=O)NC(C)(C)C)S(C)(=O)=O)c1. The van der Waals surface area contributed by atoms with Crippen LogP contribution in [0.15, 0.2) is 77.3 Å². The van der Waals surface area contributed by atoms with Gasteiger partial charge in [-0.3, -0.25) is 13.9 Å². The van der Waals surface area contributed by atoms with Crippen molar-refractivity contribution < 1.29 is 18.0 Å². The molecule has 0 aromatic heterocycles. The number of nitrogens with one attached hydrogen (secondary N) is 1. The standard InChI is InChI=1S/C31H38BrN3O4S/c1-22-16-23(2)18-27(17-22)35(40(6,38)39)21-29(36)34(20-25-12-14-26(32)15-13-25)28(30(37)33-31(3,4)5)19-24-10-8-7-9-11-24/h7-18,28H,19-21H2,1-6H3,(H,33,37)/t28-/m1/s1. The summed E-state index contributed by atoms with van der Waals surface area (Å²) in [5, 5.41) is 3.03. The van der Waals surface area contributed by atoms with Crippen LogP contribution in [0.3, 0.4) is 0 Å². The molecule has 0 radical (unpaired) electrons. The van der Waals surface area contributed by atoms with E-state index in [9.17, 15) is 18.0 Å². The van der Waals surface area contributed by atoms with Crippen molar-refractivity contribution in [3.63, 3.8) is 0 Å². The second-order valence-electron chi connectivity index (χ2n) is 11.2. The highest BCUT2D eigenvalue weighted by atomic mass is 79.9. The van der Waals surface area contributed by atoms with Crippen LogP contribution in [-0.4, -0.2) is 49.5 Å². The highest BCUT2D eigenvalue weighted by Crippen LogP contribution is 2.23. The Bertz CT molecular complexity index is 1420. The molecule has 0 aliphatic rings. The number of aryl methyl sites for hydroxylation is 2. The van der Waals surface area contributed by atoms with E-state index in [1.54, 1.807) is 12.1 Å². The smallest absolute Gasteiger partial charge is 0.244 e. The van der Waals surface area contributed by atoms with Gasteiger partial charge >= 0.3 is 0 Å². The van der Waals surface area contributed by atoms with Crippen LogP contribution in [0, 0.1) is 13.8 Å². The van der Waals surface area contributed by atoms with E-state index in [0.717, 1.165) is 37.3 Å². The highest BCUT2D eigenvalue weighted by Gasteiger charge is 2.34. The topological polar surface area (TPSA) is 86.8 Å². The Morgan fingerprint density at radius 2 is 1.48 bits per heavy atom. The molecule has 0 saturated carbocycles. The van der Waals surface area contributed by atoms with Crippen molar-refractivity contribution >= 4 is 43.5 Å². The van der Waals surface area contributed by atoms with Crippen molar-refractivity contribution in [1.82, 2.24) is 10.2 Å². The molecule has 0 saturated heterocycles. The lowest BCUT2D eigenvalue weighted by atomic mass is 10.0. The van der Waals surface area contributed by atoms with Crippen molar-refractivity contribution in [2.45, 2.75) is 59.2 Å².